The molecule has 1 fully saturated rings. The Morgan fingerprint density at radius 3 is 2.33 bits per heavy atom. The van der Waals surface area contributed by atoms with Crippen molar-refractivity contribution in [3.63, 3.8) is 0 Å². The Morgan fingerprint density at radius 1 is 0.923 bits per heavy atom. The minimum atomic E-state index is -0.760. The summed E-state index contributed by atoms with van der Waals surface area (Å²) in [5.41, 5.74) is 2.00. The second-order valence-electron chi connectivity index (χ2n) is 9.89. The Morgan fingerprint density at radius 2 is 1.64 bits per heavy atom. The number of carbonyl (C=O) groups excluding carboxylic acids is 2. The lowest BCUT2D eigenvalue weighted by molar-refractivity contribution is -0.139. The van der Waals surface area contributed by atoms with Crippen molar-refractivity contribution in [3.8, 4) is 0 Å². The topological polar surface area (TPSA) is 49.4 Å². The molecule has 0 radical (unpaired) electrons. The van der Waals surface area contributed by atoms with Gasteiger partial charge in [-0.25, -0.2) is 8.78 Å². The van der Waals surface area contributed by atoms with E-state index in [1.54, 1.807) is 29.2 Å². The highest BCUT2D eigenvalue weighted by Gasteiger charge is 2.32. The van der Waals surface area contributed by atoms with Crippen molar-refractivity contribution >= 4 is 35.2 Å². The molecule has 39 heavy (non-hydrogen) atoms. The molecule has 1 aliphatic rings. The van der Waals surface area contributed by atoms with Gasteiger partial charge in [-0.05, 0) is 48.2 Å². The molecule has 1 N–H and O–H groups in total. The Balaban J connectivity index is 1.57. The number of hydrogen-bond donors (Lipinski definition) is 1. The Hall–Kier alpha value is -2.90. The van der Waals surface area contributed by atoms with E-state index >= 15 is 0 Å². The molecule has 1 saturated carbocycles. The number of nitrogens with zero attached hydrogens (tertiary/aromatic N) is 1. The third-order valence-corrected chi connectivity index (χ3v) is 8.32. The molecular weight excluding hydrogens is 538 g/mol. The number of nitrogens with one attached hydrogen (secondary N) is 1. The van der Waals surface area contributed by atoms with Crippen LogP contribution in [0.4, 0.5) is 8.78 Å². The predicted octanol–water partition coefficient (Wildman–Crippen LogP) is 6.94. The summed E-state index contributed by atoms with van der Waals surface area (Å²) < 4.78 is 27.9. The Labute approximate surface area is 238 Å². The zero-order valence-corrected chi connectivity index (χ0v) is 23.3. The molecule has 0 heterocycles. The van der Waals surface area contributed by atoms with Crippen molar-refractivity contribution in [1.82, 2.24) is 10.2 Å². The number of carbonyl (C=O) groups is 2. The van der Waals surface area contributed by atoms with Crippen LogP contribution in [0.2, 0.25) is 5.02 Å². The van der Waals surface area contributed by atoms with Crippen molar-refractivity contribution in [2.45, 2.75) is 62.9 Å². The standard InChI is InChI=1S/C31H33ClF2N2O2S/c32-27-12-7-13-28(34)26(27)20-39-21-30(37)36(19-23-14-16-24(33)17-15-23)29(18-22-8-3-1-4-9-22)31(38)35-25-10-5-2-6-11-25/h1,3-4,7-9,12-17,25,29H,2,5-6,10-11,18-21H2,(H,35,38). The lowest BCUT2D eigenvalue weighted by atomic mass is 9.94. The summed E-state index contributed by atoms with van der Waals surface area (Å²) in [6.07, 6.45) is 5.50. The maximum atomic E-state index is 14.3. The van der Waals surface area contributed by atoms with Gasteiger partial charge in [-0.2, -0.15) is 0 Å². The summed E-state index contributed by atoms with van der Waals surface area (Å²) in [7, 11) is 0. The molecule has 4 nitrogen and oxygen atoms in total. The fourth-order valence-corrected chi connectivity index (χ4v) is 6.13. The number of halogens is 3. The van der Waals surface area contributed by atoms with Crippen LogP contribution in [0.15, 0.2) is 72.8 Å². The van der Waals surface area contributed by atoms with Gasteiger partial charge in [0.2, 0.25) is 11.8 Å². The van der Waals surface area contributed by atoms with Gasteiger partial charge in [0.1, 0.15) is 17.7 Å². The zero-order chi connectivity index (χ0) is 27.6. The average Bonchev–Trinajstić information content (AvgIpc) is 2.94. The highest BCUT2D eigenvalue weighted by Crippen LogP contribution is 2.25. The normalized spacial score (nSPS) is 14.5. The highest BCUT2D eigenvalue weighted by molar-refractivity contribution is 7.99. The van der Waals surface area contributed by atoms with Gasteiger partial charge in [0.15, 0.2) is 0 Å². The first kappa shape index (κ1) is 29.1. The van der Waals surface area contributed by atoms with Crippen LogP contribution in [0, 0.1) is 11.6 Å². The van der Waals surface area contributed by atoms with E-state index in [0.717, 1.165) is 43.2 Å². The SMILES string of the molecule is O=C(NC1CCCCC1)C(Cc1ccccc1)N(Cc1ccc(F)cc1)C(=O)CSCc1c(F)cccc1Cl. The monoisotopic (exact) mass is 570 g/mol. The van der Waals surface area contributed by atoms with Gasteiger partial charge in [-0.3, -0.25) is 9.59 Å². The molecule has 1 aliphatic carbocycles. The van der Waals surface area contributed by atoms with Crippen LogP contribution < -0.4 is 5.32 Å². The molecule has 2 amide bonds. The fourth-order valence-electron chi connectivity index (χ4n) is 4.88. The number of amides is 2. The van der Waals surface area contributed by atoms with E-state index in [2.05, 4.69) is 5.32 Å². The third kappa shape index (κ3) is 8.54. The number of thioether (sulfide) groups is 1. The van der Waals surface area contributed by atoms with E-state index in [1.165, 1.54) is 30.0 Å². The first-order valence-corrected chi connectivity index (χ1v) is 14.8. The van der Waals surface area contributed by atoms with Crippen molar-refractivity contribution in [2.75, 3.05) is 5.75 Å². The fraction of sp³-hybridized carbons (Fsp3) is 0.355. The summed E-state index contributed by atoms with van der Waals surface area (Å²) in [6, 6.07) is 19.4. The van der Waals surface area contributed by atoms with Gasteiger partial charge in [0, 0.05) is 35.3 Å². The van der Waals surface area contributed by atoms with Gasteiger partial charge in [0.25, 0.3) is 0 Å². The summed E-state index contributed by atoms with van der Waals surface area (Å²) in [4.78, 5) is 29.1. The van der Waals surface area contributed by atoms with E-state index in [9.17, 15) is 18.4 Å². The molecule has 3 aromatic rings. The molecule has 4 rings (SSSR count). The summed E-state index contributed by atoms with van der Waals surface area (Å²) in [5.74, 6) is -0.975. The lowest BCUT2D eigenvalue weighted by Crippen LogP contribution is -2.53. The van der Waals surface area contributed by atoms with Crippen LogP contribution in [0.5, 0.6) is 0 Å². The molecule has 0 spiro atoms. The average molecular weight is 571 g/mol. The first-order valence-electron chi connectivity index (χ1n) is 13.3. The van der Waals surface area contributed by atoms with Gasteiger partial charge < -0.3 is 10.2 Å². The second kappa shape index (κ2) is 14.5. The van der Waals surface area contributed by atoms with Crippen LogP contribution in [-0.2, 0) is 28.3 Å². The van der Waals surface area contributed by atoms with Crippen LogP contribution >= 0.6 is 23.4 Å². The minimum absolute atomic E-state index is 0.0356. The van der Waals surface area contributed by atoms with Gasteiger partial charge in [-0.1, -0.05) is 79.4 Å². The summed E-state index contributed by atoms with van der Waals surface area (Å²) in [6.45, 7) is 0.149. The van der Waals surface area contributed by atoms with Gasteiger partial charge in [-0.15, -0.1) is 11.8 Å². The third-order valence-electron chi connectivity index (χ3n) is 7.02. The van der Waals surface area contributed by atoms with E-state index in [1.807, 2.05) is 30.3 Å². The molecule has 8 heteroatoms. The first-order chi connectivity index (χ1) is 18.9. The minimum Gasteiger partial charge on any atom is -0.352 e. The maximum absolute atomic E-state index is 14.3. The lowest BCUT2D eigenvalue weighted by Gasteiger charge is -2.33. The van der Waals surface area contributed by atoms with Crippen molar-refractivity contribution in [3.05, 3.63) is 106 Å². The Bertz CT molecular complexity index is 1220. The van der Waals surface area contributed by atoms with E-state index in [-0.39, 0.29) is 41.7 Å². The smallest absolute Gasteiger partial charge is 0.243 e. The van der Waals surface area contributed by atoms with E-state index in [4.69, 9.17) is 11.6 Å². The molecule has 0 aliphatic heterocycles. The van der Waals surface area contributed by atoms with Crippen molar-refractivity contribution in [2.24, 2.45) is 0 Å². The molecule has 1 unspecified atom stereocenters. The van der Waals surface area contributed by atoms with E-state index in [0.29, 0.717) is 17.0 Å². The molecule has 0 bridgehead atoms. The summed E-state index contributed by atoms with van der Waals surface area (Å²) in [5, 5.41) is 3.51. The molecule has 0 saturated heterocycles. The van der Waals surface area contributed by atoms with Crippen molar-refractivity contribution < 1.29 is 18.4 Å². The zero-order valence-electron chi connectivity index (χ0n) is 21.8. The van der Waals surface area contributed by atoms with Crippen LogP contribution in [0.25, 0.3) is 0 Å². The van der Waals surface area contributed by atoms with Crippen LogP contribution in [0.3, 0.4) is 0 Å². The van der Waals surface area contributed by atoms with Crippen LogP contribution in [0.1, 0.15) is 48.8 Å². The van der Waals surface area contributed by atoms with Gasteiger partial charge >= 0.3 is 0 Å². The molecule has 1 atom stereocenters. The number of benzene rings is 3. The highest BCUT2D eigenvalue weighted by atomic mass is 35.5. The maximum Gasteiger partial charge on any atom is 0.243 e. The number of rotatable bonds is 11. The summed E-state index contributed by atoms with van der Waals surface area (Å²) >= 11 is 7.42. The second-order valence-corrected chi connectivity index (χ2v) is 11.3. The molecule has 3 aromatic carbocycles. The number of hydrogen-bond acceptors (Lipinski definition) is 3. The van der Waals surface area contributed by atoms with Gasteiger partial charge in [0.05, 0.1) is 5.75 Å². The molecule has 0 aromatic heterocycles. The van der Waals surface area contributed by atoms with E-state index < -0.39 is 11.9 Å². The van der Waals surface area contributed by atoms with Crippen molar-refractivity contribution in [1.29, 1.82) is 0 Å². The quantitative estimate of drug-likeness (QED) is 0.272. The Kier molecular flexibility index (Phi) is 10.8. The molecule has 206 valence electrons. The largest absolute Gasteiger partial charge is 0.352 e. The predicted molar refractivity (Wildman–Crippen MR) is 153 cm³/mol. The van der Waals surface area contributed by atoms with Crippen LogP contribution in [-0.4, -0.2) is 34.6 Å². The molecular formula is C31H33ClF2N2O2S.